The van der Waals surface area contributed by atoms with Crippen LogP contribution in [0.25, 0.3) is 10.9 Å². The molecule has 1 heterocycles. The molecule has 0 unspecified atom stereocenters. The van der Waals surface area contributed by atoms with Crippen LogP contribution < -0.4 is 4.74 Å². The largest absolute Gasteiger partial charge is 0.497 e. The number of fused-ring (bicyclic) bond motifs is 1. The van der Waals surface area contributed by atoms with E-state index in [4.69, 9.17) is 4.74 Å². The molecule has 0 saturated heterocycles. The van der Waals surface area contributed by atoms with Crippen molar-refractivity contribution in [1.29, 1.82) is 0 Å². The van der Waals surface area contributed by atoms with Crippen molar-refractivity contribution in [2.75, 3.05) is 7.11 Å². The molecular weight excluding hydrogens is 162 g/mol. The first-order valence-electron chi connectivity index (χ1n) is 4.48. The molecular formula is C11H13NO. The maximum absolute atomic E-state index is 5.16. The second-order valence-corrected chi connectivity index (χ2v) is 3.03. The molecule has 0 spiro atoms. The quantitative estimate of drug-likeness (QED) is 0.684. The molecule has 2 heteroatoms. The predicted molar refractivity (Wildman–Crippen MR) is 54.2 cm³/mol. The Morgan fingerprint density at radius 3 is 2.85 bits per heavy atom. The van der Waals surface area contributed by atoms with E-state index in [1.807, 2.05) is 6.07 Å². The van der Waals surface area contributed by atoms with Crippen molar-refractivity contribution in [2.24, 2.45) is 0 Å². The fourth-order valence-electron chi connectivity index (χ4n) is 1.58. The normalized spacial score (nSPS) is 10.6. The smallest absolute Gasteiger partial charge is 0.119 e. The average molecular weight is 175 g/mol. The Kier molecular flexibility index (Phi) is 1.97. The highest BCUT2D eigenvalue weighted by Gasteiger charge is 1.99. The Bertz CT molecular complexity index is 417. The minimum Gasteiger partial charge on any atom is -0.497 e. The highest BCUT2D eigenvalue weighted by Crippen LogP contribution is 2.21. The molecule has 0 aliphatic heterocycles. The summed E-state index contributed by atoms with van der Waals surface area (Å²) in [5, 5.41) is 1.24. The topological polar surface area (TPSA) is 14.2 Å². The van der Waals surface area contributed by atoms with Gasteiger partial charge in [0.05, 0.1) is 7.11 Å². The summed E-state index contributed by atoms with van der Waals surface area (Å²) in [6, 6.07) is 8.26. The lowest BCUT2D eigenvalue weighted by molar-refractivity contribution is 0.415. The Balaban J connectivity index is 2.61. The van der Waals surface area contributed by atoms with Crippen molar-refractivity contribution < 1.29 is 4.74 Å². The molecule has 0 radical (unpaired) electrons. The summed E-state index contributed by atoms with van der Waals surface area (Å²) >= 11 is 0. The SMILES string of the molecule is CCn1ccc2cc(OC)ccc21. The summed E-state index contributed by atoms with van der Waals surface area (Å²) in [6.07, 6.45) is 2.10. The van der Waals surface area contributed by atoms with Crippen LogP contribution in [0.5, 0.6) is 5.75 Å². The van der Waals surface area contributed by atoms with Gasteiger partial charge in [0.2, 0.25) is 0 Å². The number of benzene rings is 1. The second-order valence-electron chi connectivity index (χ2n) is 3.03. The van der Waals surface area contributed by atoms with Crippen LogP contribution in [-0.4, -0.2) is 11.7 Å². The van der Waals surface area contributed by atoms with E-state index in [1.165, 1.54) is 10.9 Å². The second kappa shape index (κ2) is 3.13. The number of hydrogen-bond acceptors (Lipinski definition) is 1. The van der Waals surface area contributed by atoms with Gasteiger partial charge in [0, 0.05) is 23.6 Å². The summed E-state index contributed by atoms with van der Waals surface area (Å²) in [6.45, 7) is 3.15. The molecule has 1 aromatic carbocycles. The molecule has 1 aromatic heterocycles. The van der Waals surface area contributed by atoms with Gasteiger partial charge in [-0.05, 0) is 31.2 Å². The zero-order chi connectivity index (χ0) is 9.26. The number of nitrogens with zero attached hydrogens (tertiary/aromatic N) is 1. The van der Waals surface area contributed by atoms with E-state index in [0.717, 1.165) is 12.3 Å². The van der Waals surface area contributed by atoms with Crippen molar-refractivity contribution in [3.8, 4) is 5.75 Å². The number of ether oxygens (including phenoxy) is 1. The van der Waals surface area contributed by atoms with Crippen molar-refractivity contribution in [2.45, 2.75) is 13.5 Å². The molecule has 2 aromatic rings. The van der Waals surface area contributed by atoms with E-state index in [1.54, 1.807) is 7.11 Å². The number of aromatic nitrogens is 1. The van der Waals surface area contributed by atoms with Gasteiger partial charge >= 0.3 is 0 Å². The number of rotatable bonds is 2. The molecule has 68 valence electrons. The average Bonchev–Trinajstić information content (AvgIpc) is 2.59. The van der Waals surface area contributed by atoms with Crippen molar-refractivity contribution in [3.63, 3.8) is 0 Å². The zero-order valence-electron chi connectivity index (χ0n) is 7.95. The third kappa shape index (κ3) is 1.28. The lowest BCUT2D eigenvalue weighted by Crippen LogP contribution is -1.90. The van der Waals surface area contributed by atoms with Gasteiger partial charge in [-0.15, -0.1) is 0 Å². The molecule has 2 nitrogen and oxygen atoms in total. The van der Waals surface area contributed by atoms with Gasteiger partial charge in [0.1, 0.15) is 5.75 Å². The van der Waals surface area contributed by atoms with Crippen LogP contribution in [0.1, 0.15) is 6.92 Å². The Hall–Kier alpha value is -1.44. The van der Waals surface area contributed by atoms with Gasteiger partial charge in [-0.1, -0.05) is 0 Å². The first kappa shape index (κ1) is 8.17. The highest BCUT2D eigenvalue weighted by atomic mass is 16.5. The molecule has 0 aliphatic rings. The van der Waals surface area contributed by atoms with Crippen LogP contribution in [0.2, 0.25) is 0 Å². The molecule has 0 saturated carbocycles. The van der Waals surface area contributed by atoms with E-state index >= 15 is 0 Å². The van der Waals surface area contributed by atoms with E-state index in [9.17, 15) is 0 Å². The Morgan fingerprint density at radius 1 is 1.31 bits per heavy atom. The van der Waals surface area contributed by atoms with E-state index in [0.29, 0.717) is 0 Å². The lowest BCUT2D eigenvalue weighted by Gasteiger charge is -2.02. The maximum Gasteiger partial charge on any atom is 0.119 e. The molecule has 0 amide bonds. The summed E-state index contributed by atoms with van der Waals surface area (Å²) in [5.41, 5.74) is 1.27. The maximum atomic E-state index is 5.16. The van der Waals surface area contributed by atoms with Crippen molar-refractivity contribution in [1.82, 2.24) is 4.57 Å². The van der Waals surface area contributed by atoms with Crippen molar-refractivity contribution in [3.05, 3.63) is 30.5 Å². The summed E-state index contributed by atoms with van der Waals surface area (Å²) in [4.78, 5) is 0. The van der Waals surface area contributed by atoms with Crippen LogP contribution in [0.15, 0.2) is 30.5 Å². The molecule has 0 atom stereocenters. The van der Waals surface area contributed by atoms with E-state index in [2.05, 4.69) is 35.9 Å². The number of aryl methyl sites for hydroxylation is 1. The van der Waals surface area contributed by atoms with Crippen LogP contribution in [0, 0.1) is 0 Å². The summed E-state index contributed by atoms with van der Waals surface area (Å²) in [7, 11) is 1.69. The van der Waals surface area contributed by atoms with Crippen LogP contribution in [-0.2, 0) is 6.54 Å². The van der Waals surface area contributed by atoms with Gasteiger partial charge < -0.3 is 9.30 Å². The molecule has 0 bridgehead atoms. The molecule has 2 rings (SSSR count). The molecule has 0 fully saturated rings. The first-order chi connectivity index (χ1) is 6.35. The molecule has 0 aliphatic carbocycles. The third-order valence-electron chi connectivity index (χ3n) is 2.32. The predicted octanol–water partition coefficient (Wildman–Crippen LogP) is 2.67. The fourth-order valence-corrected chi connectivity index (χ4v) is 1.58. The van der Waals surface area contributed by atoms with Crippen LogP contribution in [0.4, 0.5) is 0 Å². The fraction of sp³-hybridized carbons (Fsp3) is 0.273. The van der Waals surface area contributed by atoms with Crippen LogP contribution in [0.3, 0.4) is 0 Å². The van der Waals surface area contributed by atoms with Gasteiger partial charge in [-0.2, -0.15) is 0 Å². The van der Waals surface area contributed by atoms with Gasteiger partial charge in [-0.25, -0.2) is 0 Å². The monoisotopic (exact) mass is 175 g/mol. The highest BCUT2D eigenvalue weighted by molar-refractivity contribution is 5.81. The summed E-state index contributed by atoms with van der Waals surface area (Å²) < 4.78 is 7.37. The molecule has 0 N–H and O–H groups in total. The van der Waals surface area contributed by atoms with E-state index < -0.39 is 0 Å². The Labute approximate surface area is 77.7 Å². The van der Waals surface area contributed by atoms with Crippen LogP contribution >= 0.6 is 0 Å². The zero-order valence-corrected chi connectivity index (χ0v) is 7.95. The van der Waals surface area contributed by atoms with E-state index in [-0.39, 0.29) is 0 Å². The number of hydrogen-bond donors (Lipinski definition) is 0. The molecule has 13 heavy (non-hydrogen) atoms. The van der Waals surface area contributed by atoms with Gasteiger partial charge in [-0.3, -0.25) is 0 Å². The van der Waals surface area contributed by atoms with Crippen molar-refractivity contribution >= 4 is 10.9 Å². The first-order valence-corrected chi connectivity index (χ1v) is 4.48. The minimum atomic E-state index is 0.918. The standard InChI is InChI=1S/C11H13NO/c1-3-12-7-6-9-8-10(13-2)4-5-11(9)12/h4-8H,3H2,1-2H3. The summed E-state index contributed by atoms with van der Waals surface area (Å²) in [5.74, 6) is 0.918. The number of methoxy groups -OCH3 is 1. The third-order valence-corrected chi connectivity index (χ3v) is 2.32. The van der Waals surface area contributed by atoms with Gasteiger partial charge in [0.15, 0.2) is 0 Å². The minimum absolute atomic E-state index is 0.918. The van der Waals surface area contributed by atoms with Gasteiger partial charge in [0.25, 0.3) is 0 Å². The Morgan fingerprint density at radius 2 is 2.15 bits per heavy atom. The lowest BCUT2D eigenvalue weighted by atomic mass is 10.2.